The van der Waals surface area contributed by atoms with Crippen LogP contribution in [0.25, 0.3) is 0 Å². The normalized spacial score (nSPS) is 16.3. The third kappa shape index (κ3) is 7.99. The van der Waals surface area contributed by atoms with Crippen molar-refractivity contribution in [2.24, 2.45) is 5.92 Å². The predicted molar refractivity (Wildman–Crippen MR) is 160 cm³/mol. The van der Waals surface area contributed by atoms with Gasteiger partial charge < -0.3 is 25.3 Å². The molecular weight excluding hydrogens is 500 g/mol. The quantitative estimate of drug-likeness (QED) is 0.258. The minimum Gasteiger partial charge on any atom is -0.459 e. The summed E-state index contributed by atoms with van der Waals surface area (Å²) in [6.07, 6.45) is 16.8. The third-order valence-electron chi connectivity index (χ3n) is 8.38. The van der Waals surface area contributed by atoms with Gasteiger partial charge in [0.1, 0.15) is 11.6 Å². The van der Waals surface area contributed by atoms with Gasteiger partial charge >= 0.3 is 0 Å². The van der Waals surface area contributed by atoms with Gasteiger partial charge in [-0.1, -0.05) is 82.1 Å². The molecule has 0 bridgehead atoms. The number of unbranched alkanes of at least 4 members (excludes halogenated alkanes) is 3. The first-order valence-corrected chi connectivity index (χ1v) is 15.2. The largest absolute Gasteiger partial charge is 0.459 e. The van der Waals surface area contributed by atoms with E-state index in [0.717, 1.165) is 18.2 Å². The highest BCUT2D eigenvalue weighted by molar-refractivity contribution is 5.91. The van der Waals surface area contributed by atoms with Crippen LogP contribution < -0.4 is 16.0 Å². The number of amides is 1. The zero-order chi connectivity index (χ0) is 27.6. The highest BCUT2D eigenvalue weighted by Crippen LogP contribution is 2.28. The molecule has 1 amide bonds. The Kier molecular flexibility index (Phi) is 9.93. The van der Waals surface area contributed by atoms with Crippen molar-refractivity contribution < 1.29 is 9.21 Å². The monoisotopic (exact) mass is 544 g/mol. The molecule has 0 spiro atoms. The van der Waals surface area contributed by atoms with Gasteiger partial charge in [-0.2, -0.15) is 9.97 Å². The summed E-state index contributed by atoms with van der Waals surface area (Å²) in [6, 6.07) is 14.1. The van der Waals surface area contributed by atoms with E-state index in [1.165, 1.54) is 81.6 Å². The molecule has 0 radical (unpaired) electrons. The number of aromatic nitrogens is 2. The van der Waals surface area contributed by atoms with Crippen molar-refractivity contribution in [2.75, 3.05) is 42.1 Å². The Morgan fingerprint density at radius 3 is 2.42 bits per heavy atom. The number of hydrogen-bond donors (Lipinski definition) is 2. The Labute approximate surface area is 238 Å². The van der Waals surface area contributed by atoms with E-state index < -0.39 is 0 Å². The van der Waals surface area contributed by atoms with Gasteiger partial charge in [0.25, 0.3) is 5.91 Å². The number of hydrogen-bond acceptors (Lipinski definition) is 7. The first-order chi connectivity index (χ1) is 19.6. The van der Waals surface area contributed by atoms with Crippen molar-refractivity contribution >= 4 is 23.5 Å². The minimum atomic E-state index is -0.0786. The van der Waals surface area contributed by atoms with Crippen molar-refractivity contribution in [2.45, 2.75) is 77.2 Å². The molecule has 0 atom stereocenters. The molecule has 8 nitrogen and oxygen atoms in total. The molecule has 5 rings (SSSR count). The number of nitrogens with zero attached hydrogens (tertiary/aromatic N) is 4. The summed E-state index contributed by atoms with van der Waals surface area (Å²) in [5.74, 6) is 3.02. The van der Waals surface area contributed by atoms with Gasteiger partial charge in [-0.15, -0.1) is 0 Å². The van der Waals surface area contributed by atoms with Gasteiger partial charge in [0.15, 0.2) is 5.76 Å². The fourth-order valence-corrected chi connectivity index (χ4v) is 5.98. The lowest BCUT2D eigenvalue weighted by Crippen LogP contribution is -2.49. The Morgan fingerprint density at radius 2 is 1.68 bits per heavy atom. The van der Waals surface area contributed by atoms with E-state index in [0.29, 0.717) is 50.3 Å². The Hall–Kier alpha value is -3.55. The average Bonchev–Trinajstić information content (AvgIpc) is 3.54. The molecule has 1 saturated heterocycles. The van der Waals surface area contributed by atoms with E-state index in [9.17, 15) is 4.79 Å². The van der Waals surface area contributed by atoms with Gasteiger partial charge in [-0.25, -0.2) is 0 Å². The van der Waals surface area contributed by atoms with Crippen molar-refractivity contribution in [1.29, 1.82) is 0 Å². The number of nitrogen functional groups attached to an aromatic ring is 1. The van der Waals surface area contributed by atoms with Gasteiger partial charge in [-0.3, -0.25) is 4.79 Å². The van der Waals surface area contributed by atoms with E-state index in [1.807, 2.05) is 0 Å². The molecule has 40 heavy (non-hydrogen) atoms. The van der Waals surface area contributed by atoms with Crippen molar-refractivity contribution in [3.63, 3.8) is 0 Å². The Bertz CT molecular complexity index is 1180. The van der Waals surface area contributed by atoms with Gasteiger partial charge in [0.05, 0.1) is 6.26 Å². The number of aryl methyl sites for hydroxylation is 1. The number of nitrogens with one attached hydrogen (secondary N) is 1. The number of furan rings is 1. The van der Waals surface area contributed by atoms with Crippen LogP contribution in [0.15, 0.2) is 53.1 Å². The van der Waals surface area contributed by atoms with Gasteiger partial charge in [0, 0.05) is 38.8 Å². The molecule has 8 heteroatoms. The molecule has 3 N–H and O–H groups in total. The van der Waals surface area contributed by atoms with Crippen molar-refractivity contribution in [3.05, 3.63) is 65.6 Å². The summed E-state index contributed by atoms with van der Waals surface area (Å²) < 4.78 is 5.26. The molecule has 2 aliphatic rings. The van der Waals surface area contributed by atoms with Crippen LogP contribution in [0.1, 0.15) is 85.9 Å². The zero-order valence-corrected chi connectivity index (χ0v) is 23.7. The molecule has 1 aromatic carbocycles. The molecule has 1 aliphatic carbocycles. The lowest BCUT2D eigenvalue weighted by atomic mass is 9.85. The maximum Gasteiger partial charge on any atom is 0.289 e. The van der Waals surface area contributed by atoms with Crippen LogP contribution in [0.2, 0.25) is 0 Å². The zero-order valence-electron chi connectivity index (χ0n) is 23.7. The van der Waals surface area contributed by atoms with E-state index in [4.69, 9.17) is 15.1 Å². The molecule has 3 aromatic rings. The van der Waals surface area contributed by atoms with E-state index in [1.54, 1.807) is 23.1 Å². The average molecular weight is 545 g/mol. The smallest absolute Gasteiger partial charge is 0.289 e. The lowest BCUT2D eigenvalue weighted by molar-refractivity contribution is 0.0714. The summed E-state index contributed by atoms with van der Waals surface area (Å²) in [4.78, 5) is 25.6. The standard InChI is InChI=1S/C32H44N6O2/c33-29-23-30(37-18-20-38(21-19-37)31(39)28-13-8-22-40-28)36-32(35-29)34-24-27-16-14-26(15-17-27)12-5-2-1-4-9-25-10-6-3-7-11-25/h8,13-17,22-23,25H,1-7,9-12,18-21,24H2,(H3,33,34,35,36). The second-order valence-electron chi connectivity index (χ2n) is 11.4. The highest BCUT2D eigenvalue weighted by Gasteiger charge is 2.24. The SMILES string of the molecule is Nc1cc(N2CCN(C(=O)c3ccco3)CC2)nc(NCc2ccc(CCCCCCC3CCCCC3)cc2)n1. The number of nitrogens with two attached hydrogens (primary N) is 1. The number of rotatable bonds is 12. The summed E-state index contributed by atoms with van der Waals surface area (Å²) in [5.41, 5.74) is 8.71. The van der Waals surface area contributed by atoms with Crippen molar-refractivity contribution in [3.8, 4) is 0 Å². The molecular formula is C32H44N6O2. The Balaban J connectivity index is 1.03. The summed E-state index contributed by atoms with van der Waals surface area (Å²) in [7, 11) is 0. The van der Waals surface area contributed by atoms with E-state index in [2.05, 4.69) is 39.5 Å². The number of benzene rings is 1. The van der Waals surface area contributed by atoms with Crippen LogP contribution in [0.3, 0.4) is 0 Å². The second kappa shape index (κ2) is 14.2. The molecule has 1 saturated carbocycles. The van der Waals surface area contributed by atoms with Crippen LogP contribution in [0.5, 0.6) is 0 Å². The van der Waals surface area contributed by atoms with Crippen molar-refractivity contribution in [1.82, 2.24) is 14.9 Å². The molecule has 2 fully saturated rings. The van der Waals surface area contributed by atoms with Crippen LogP contribution in [-0.4, -0.2) is 47.0 Å². The molecule has 3 heterocycles. The number of carbonyl (C=O) groups excluding carboxylic acids is 1. The Morgan fingerprint density at radius 1 is 0.925 bits per heavy atom. The minimum absolute atomic E-state index is 0.0786. The van der Waals surface area contributed by atoms with Crippen LogP contribution in [0.4, 0.5) is 17.6 Å². The number of piperazine rings is 1. The summed E-state index contributed by atoms with van der Waals surface area (Å²) in [6.45, 7) is 3.17. The van der Waals surface area contributed by atoms with Gasteiger partial charge in [0.2, 0.25) is 5.95 Å². The topological polar surface area (TPSA) is 101 Å². The van der Waals surface area contributed by atoms with Crippen LogP contribution in [0, 0.1) is 5.92 Å². The predicted octanol–water partition coefficient (Wildman–Crippen LogP) is 6.30. The third-order valence-corrected chi connectivity index (χ3v) is 8.38. The van der Waals surface area contributed by atoms with Gasteiger partial charge in [-0.05, 0) is 42.0 Å². The van der Waals surface area contributed by atoms with Crippen LogP contribution >= 0.6 is 0 Å². The summed E-state index contributed by atoms with van der Waals surface area (Å²) in [5, 5.41) is 3.33. The first-order valence-electron chi connectivity index (χ1n) is 15.2. The molecule has 2 aromatic heterocycles. The molecule has 0 unspecified atom stereocenters. The van der Waals surface area contributed by atoms with Crippen LogP contribution in [-0.2, 0) is 13.0 Å². The number of carbonyl (C=O) groups is 1. The molecule has 1 aliphatic heterocycles. The lowest BCUT2D eigenvalue weighted by Gasteiger charge is -2.35. The highest BCUT2D eigenvalue weighted by atomic mass is 16.3. The maximum atomic E-state index is 12.6. The maximum absolute atomic E-state index is 12.6. The number of anilines is 3. The fourth-order valence-electron chi connectivity index (χ4n) is 5.98. The second-order valence-corrected chi connectivity index (χ2v) is 11.4. The fraction of sp³-hybridized carbons (Fsp3) is 0.531. The summed E-state index contributed by atoms with van der Waals surface area (Å²) >= 11 is 0. The van der Waals surface area contributed by atoms with E-state index in [-0.39, 0.29) is 5.91 Å². The van der Waals surface area contributed by atoms with E-state index >= 15 is 0 Å². The molecule has 214 valence electrons. The first kappa shape index (κ1) is 28.0.